The molecule has 1 aliphatic heterocycles. The maximum Gasteiger partial charge on any atom is 0.356 e. The second kappa shape index (κ2) is 9.40. The van der Waals surface area contributed by atoms with E-state index in [1.165, 1.54) is 6.07 Å². The van der Waals surface area contributed by atoms with Crippen molar-refractivity contribution < 1.29 is 23.6 Å². The summed E-state index contributed by atoms with van der Waals surface area (Å²) in [6, 6.07) is 13.9. The standard InChI is InChI=1S/C24H27FN4O3/c1-3-32-24(31)22-21(17-8-4-6-10-19(17)26-22)27-23(30)16(2)28-12-14-29(15-13-28)20-11-7-5-9-18(20)25/h4-11,16,26H,3,12-15H2,1-2H3,(H,27,30)/p+1/t16-/m0/s1. The molecule has 0 saturated carbocycles. The van der Waals surface area contributed by atoms with Crippen molar-refractivity contribution in [1.82, 2.24) is 4.98 Å². The topological polar surface area (TPSA) is 78.9 Å². The first-order chi connectivity index (χ1) is 15.5. The number of esters is 1. The zero-order chi connectivity index (χ0) is 22.7. The molecule has 8 heteroatoms. The zero-order valence-electron chi connectivity index (χ0n) is 18.3. The number of rotatable bonds is 6. The zero-order valence-corrected chi connectivity index (χ0v) is 18.3. The van der Waals surface area contributed by atoms with Crippen LogP contribution in [0.15, 0.2) is 48.5 Å². The van der Waals surface area contributed by atoms with Gasteiger partial charge in [-0.25, -0.2) is 9.18 Å². The van der Waals surface area contributed by atoms with Crippen molar-refractivity contribution in [2.45, 2.75) is 19.9 Å². The smallest absolute Gasteiger partial charge is 0.356 e. The predicted molar refractivity (Wildman–Crippen MR) is 122 cm³/mol. The molecule has 1 atom stereocenters. The molecule has 168 valence electrons. The molecule has 1 amide bonds. The molecule has 32 heavy (non-hydrogen) atoms. The first-order valence-corrected chi connectivity index (χ1v) is 10.9. The van der Waals surface area contributed by atoms with Gasteiger partial charge in [-0.15, -0.1) is 0 Å². The van der Waals surface area contributed by atoms with E-state index in [1.54, 1.807) is 19.1 Å². The average Bonchev–Trinajstić information content (AvgIpc) is 3.18. The Hall–Kier alpha value is -3.39. The molecule has 4 rings (SSSR count). The van der Waals surface area contributed by atoms with E-state index in [4.69, 9.17) is 4.74 Å². The first kappa shape index (κ1) is 21.8. The lowest BCUT2D eigenvalue weighted by Gasteiger charge is -2.36. The van der Waals surface area contributed by atoms with Gasteiger partial charge in [-0.2, -0.15) is 0 Å². The Morgan fingerprint density at radius 3 is 2.56 bits per heavy atom. The monoisotopic (exact) mass is 439 g/mol. The summed E-state index contributed by atoms with van der Waals surface area (Å²) in [5, 5.41) is 3.72. The number of para-hydroxylation sites is 2. The Balaban J connectivity index is 1.47. The largest absolute Gasteiger partial charge is 0.461 e. The van der Waals surface area contributed by atoms with Crippen LogP contribution in [0.5, 0.6) is 0 Å². The molecule has 3 aromatic rings. The van der Waals surface area contributed by atoms with Gasteiger partial charge < -0.3 is 24.8 Å². The summed E-state index contributed by atoms with van der Waals surface area (Å²) in [7, 11) is 0. The van der Waals surface area contributed by atoms with Gasteiger partial charge in [0.25, 0.3) is 5.91 Å². The maximum absolute atomic E-state index is 14.1. The summed E-state index contributed by atoms with van der Waals surface area (Å²) in [5.74, 6) is -0.903. The highest BCUT2D eigenvalue weighted by Crippen LogP contribution is 2.28. The third kappa shape index (κ3) is 4.31. The number of nitrogens with zero attached hydrogens (tertiary/aromatic N) is 1. The third-order valence-corrected chi connectivity index (χ3v) is 6.04. The predicted octanol–water partition coefficient (Wildman–Crippen LogP) is 2.22. The lowest BCUT2D eigenvalue weighted by atomic mass is 10.1. The van der Waals surface area contributed by atoms with Crippen LogP contribution in [-0.4, -0.2) is 55.7 Å². The molecule has 7 nitrogen and oxygen atoms in total. The fraction of sp³-hybridized carbons (Fsp3) is 0.333. The minimum Gasteiger partial charge on any atom is -0.461 e. The molecular weight excluding hydrogens is 411 g/mol. The van der Waals surface area contributed by atoms with Crippen molar-refractivity contribution in [2.75, 3.05) is 43.0 Å². The van der Waals surface area contributed by atoms with E-state index in [1.807, 2.05) is 42.2 Å². The van der Waals surface area contributed by atoms with Crippen molar-refractivity contribution in [2.24, 2.45) is 0 Å². The van der Waals surface area contributed by atoms with Crippen LogP contribution in [0.4, 0.5) is 15.8 Å². The second-order valence-electron chi connectivity index (χ2n) is 7.95. The Labute approximate surface area is 186 Å². The molecule has 3 N–H and O–H groups in total. The lowest BCUT2D eigenvalue weighted by molar-refractivity contribution is -0.914. The van der Waals surface area contributed by atoms with Crippen LogP contribution in [0, 0.1) is 5.82 Å². The highest BCUT2D eigenvalue weighted by molar-refractivity contribution is 6.11. The first-order valence-electron chi connectivity index (χ1n) is 10.9. The molecule has 0 aliphatic carbocycles. The van der Waals surface area contributed by atoms with E-state index in [0.717, 1.165) is 15.8 Å². The summed E-state index contributed by atoms with van der Waals surface area (Å²) >= 11 is 0. The van der Waals surface area contributed by atoms with Gasteiger partial charge in [0.05, 0.1) is 44.2 Å². The van der Waals surface area contributed by atoms with Crippen LogP contribution in [0.25, 0.3) is 10.9 Å². The van der Waals surface area contributed by atoms with Crippen LogP contribution < -0.4 is 15.1 Å². The minimum atomic E-state index is -0.502. The summed E-state index contributed by atoms with van der Waals surface area (Å²) in [4.78, 5) is 31.8. The number of piperazine rings is 1. The highest BCUT2D eigenvalue weighted by Gasteiger charge is 2.31. The molecule has 0 spiro atoms. The Morgan fingerprint density at radius 2 is 1.84 bits per heavy atom. The molecule has 1 aromatic heterocycles. The van der Waals surface area contributed by atoms with Gasteiger partial charge in [0.1, 0.15) is 11.5 Å². The fourth-order valence-corrected chi connectivity index (χ4v) is 4.22. The number of amides is 1. The molecule has 0 radical (unpaired) electrons. The van der Waals surface area contributed by atoms with Crippen LogP contribution in [0.1, 0.15) is 24.3 Å². The van der Waals surface area contributed by atoms with E-state index in [0.29, 0.717) is 37.6 Å². The summed E-state index contributed by atoms with van der Waals surface area (Å²) in [5.41, 5.74) is 2.04. The Bertz CT molecular complexity index is 1120. The molecule has 1 aliphatic rings. The molecular formula is C24H28FN4O3+. The Kier molecular flexibility index (Phi) is 6.41. The number of carbonyl (C=O) groups is 2. The van der Waals surface area contributed by atoms with Gasteiger partial charge in [0.2, 0.25) is 0 Å². The molecule has 2 aromatic carbocycles. The number of hydrogen-bond donors (Lipinski definition) is 3. The number of H-pyrrole nitrogens is 1. The number of aromatic nitrogens is 1. The number of anilines is 2. The summed E-state index contributed by atoms with van der Waals surface area (Å²) < 4.78 is 19.3. The van der Waals surface area contributed by atoms with Crippen molar-refractivity contribution in [3.05, 3.63) is 60.0 Å². The van der Waals surface area contributed by atoms with Gasteiger partial charge >= 0.3 is 5.97 Å². The van der Waals surface area contributed by atoms with Gasteiger partial charge in [-0.1, -0.05) is 30.3 Å². The number of quaternary nitrogens is 1. The summed E-state index contributed by atoms with van der Waals surface area (Å²) in [6.45, 7) is 6.61. The van der Waals surface area contributed by atoms with Crippen molar-refractivity contribution in [1.29, 1.82) is 0 Å². The number of benzene rings is 2. The molecule has 0 bridgehead atoms. The highest BCUT2D eigenvalue weighted by atomic mass is 19.1. The number of aromatic amines is 1. The van der Waals surface area contributed by atoms with Gasteiger partial charge in [0.15, 0.2) is 6.04 Å². The van der Waals surface area contributed by atoms with Crippen LogP contribution in [-0.2, 0) is 9.53 Å². The normalized spacial score (nSPS) is 15.5. The Morgan fingerprint density at radius 1 is 1.16 bits per heavy atom. The molecule has 1 fully saturated rings. The second-order valence-corrected chi connectivity index (χ2v) is 7.95. The van der Waals surface area contributed by atoms with Crippen molar-refractivity contribution in [3.63, 3.8) is 0 Å². The SMILES string of the molecule is CCOC(=O)c1[nH]c2ccccc2c1NC(=O)[C@H](C)[NH+]1CCN(c2ccccc2F)CC1. The third-order valence-electron chi connectivity index (χ3n) is 6.04. The number of halogens is 1. The molecule has 2 heterocycles. The van der Waals surface area contributed by atoms with E-state index >= 15 is 0 Å². The van der Waals surface area contributed by atoms with E-state index < -0.39 is 5.97 Å². The van der Waals surface area contributed by atoms with E-state index in [2.05, 4.69) is 10.3 Å². The van der Waals surface area contributed by atoms with E-state index in [9.17, 15) is 14.0 Å². The number of carbonyl (C=O) groups excluding carboxylic acids is 2. The maximum atomic E-state index is 14.1. The number of fused-ring (bicyclic) bond motifs is 1. The van der Waals surface area contributed by atoms with Crippen LogP contribution in [0.2, 0.25) is 0 Å². The lowest BCUT2D eigenvalue weighted by Crippen LogP contribution is -3.19. The van der Waals surface area contributed by atoms with Gasteiger partial charge in [0, 0.05) is 10.9 Å². The average molecular weight is 440 g/mol. The fourth-order valence-electron chi connectivity index (χ4n) is 4.22. The van der Waals surface area contributed by atoms with Crippen molar-refractivity contribution in [3.8, 4) is 0 Å². The summed E-state index contributed by atoms with van der Waals surface area (Å²) in [6.07, 6.45) is 0. The van der Waals surface area contributed by atoms with Crippen LogP contribution in [0.3, 0.4) is 0 Å². The quantitative estimate of drug-likeness (QED) is 0.515. The van der Waals surface area contributed by atoms with Crippen LogP contribution >= 0.6 is 0 Å². The van der Waals surface area contributed by atoms with Gasteiger partial charge in [-0.3, -0.25) is 4.79 Å². The number of hydrogen-bond acceptors (Lipinski definition) is 4. The van der Waals surface area contributed by atoms with E-state index in [-0.39, 0.29) is 30.1 Å². The molecule has 1 saturated heterocycles. The molecule has 0 unspecified atom stereocenters. The minimum absolute atomic E-state index is 0.172. The van der Waals surface area contributed by atoms with Gasteiger partial charge in [-0.05, 0) is 32.0 Å². The number of nitrogens with one attached hydrogen (secondary N) is 3. The number of ether oxygens (including phenoxy) is 1. The van der Waals surface area contributed by atoms with Crippen molar-refractivity contribution >= 4 is 34.2 Å².